The Morgan fingerprint density at radius 3 is 2.86 bits per heavy atom. The molecule has 0 aliphatic heterocycles. The SMILES string of the molecule is CNC(=O)[C@@H]1CCCC[C@H]1N[C@@H](C)c1cccc(C#N)c1. The van der Waals surface area contributed by atoms with E-state index in [2.05, 4.69) is 23.6 Å². The Labute approximate surface area is 126 Å². The summed E-state index contributed by atoms with van der Waals surface area (Å²) >= 11 is 0. The summed E-state index contributed by atoms with van der Waals surface area (Å²) in [6, 6.07) is 10.2. The van der Waals surface area contributed by atoms with Crippen LogP contribution in [0.4, 0.5) is 0 Å². The summed E-state index contributed by atoms with van der Waals surface area (Å²) in [5, 5.41) is 15.3. The number of benzene rings is 1. The fourth-order valence-electron chi connectivity index (χ4n) is 3.12. The second kappa shape index (κ2) is 7.24. The molecule has 2 N–H and O–H groups in total. The molecular formula is C17H23N3O. The molecule has 1 saturated carbocycles. The molecule has 0 radical (unpaired) electrons. The quantitative estimate of drug-likeness (QED) is 0.893. The highest BCUT2D eigenvalue weighted by atomic mass is 16.1. The molecule has 4 nitrogen and oxygen atoms in total. The normalized spacial score (nSPS) is 23.1. The summed E-state index contributed by atoms with van der Waals surface area (Å²) in [5.41, 5.74) is 1.77. The van der Waals surface area contributed by atoms with Gasteiger partial charge in [0.15, 0.2) is 0 Å². The summed E-state index contributed by atoms with van der Waals surface area (Å²) in [6.07, 6.45) is 4.26. The number of hydrogen-bond acceptors (Lipinski definition) is 3. The molecular weight excluding hydrogens is 262 g/mol. The van der Waals surface area contributed by atoms with Crippen molar-refractivity contribution in [2.24, 2.45) is 5.92 Å². The summed E-state index contributed by atoms with van der Waals surface area (Å²) in [4.78, 5) is 12.0. The molecule has 1 fully saturated rings. The molecule has 21 heavy (non-hydrogen) atoms. The summed E-state index contributed by atoms with van der Waals surface area (Å²) in [7, 11) is 1.70. The molecule has 0 bridgehead atoms. The molecule has 1 aromatic rings. The first-order valence-electron chi connectivity index (χ1n) is 7.63. The molecule has 1 aliphatic carbocycles. The Balaban J connectivity index is 2.07. The van der Waals surface area contributed by atoms with Gasteiger partial charge in [-0.15, -0.1) is 0 Å². The zero-order chi connectivity index (χ0) is 15.2. The molecule has 1 aliphatic rings. The molecule has 3 atom stereocenters. The van der Waals surface area contributed by atoms with Crippen molar-refractivity contribution in [3.8, 4) is 6.07 Å². The number of nitrogens with one attached hydrogen (secondary N) is 2. The first kappa shape index (κ1) is 15.5. The minimum absolute atomic E-state index is 0.0466. The summed E-state index contributed by atoms with van der Waals surface area (Å²) < 4.78 is 0. The molecule has 0 heterocycles. The third-order valence-corrected chi connectivity index (χ3v) is 4.33. The van der Waals surface area contributed by atoms with Gasteiger partial charge in [0.2, 0.25) is 5.91 Å². The Hall–Kier alpha value is -1.86. The van der Waals surface area contributed by atoms with Gasteiger partial charge in [0, 0.05) is 19.1 Å². The maximum Gasteiger partial charge on any atom is 0.224 e. The van der Waals surface area contributed by atoms with Crippen molar-refractivity contribution in [1.82, 2.24) is 10.6 Å². The van der Waals surface area contributed by atoms with E-state index in [1.165, 1.54) is 0 Å². The first-order chi connectivity index (χ1) is 10.2. The van der Waals surface area contributed by atoms with E-state index in [0.717, 1.165) is 31.2 Å². The Bertz CT molecular complexity index is 535. The second-order valence-corrected chi connectivity index (χ2v) is 5.74. The standard InChI is InChI=1S/C17H23N3O/c1-12(14-7-5-6-13(10-14)11-18)20-16-9-4-3-8-15(16)17(21)19-2/h5-7,10,12,15-16,20H,3-4,8-9H2,1-2H3,(H,19,21)/t12-,15+,16+/m0/s1. The van der Waals surface area contributed by atoms with Crippen LogP contribution in [0.3, 0.4) is 0 Å². The monoisotopic (exact) mass is 285 g/mol. The molecule has 112 valence electrons. The molecule has 1 aromatic carbocycles. The number of nitrogens with zero attached hydrogens (tertiary/aromatic N) is 1. The van der Waals surface area contributed by atoms with Crippen molar-refractivity contribution in [3.05, 3.63) is 35.4 Å². The van der Waals surface area contributed by atoms with E-state index in [9.17, 15) is 4.79 Å². The number of carbonyl (C=O) groups excluding carboxylic acids is 1. The highest BCUT2D eigenvalue weighted by molar-refractivity contribution is 5.79. The lowest BCUT2D eigenvalue weighted by Gasteiger charge is -2.33. The second-order valence-electron chi connectivity index (χ2n) is 5.74. The lowest BCUT2D eigenvalue weighted by Crippen LogP contribution is -2.46. The van der Waals surface area contributed by atoms with Crippen LogP contribution in [-0.4, -0.2) is 19.0 Å². The zero-order valence-corrected chi connectivity index (χ0v) is 12.7. The molecule has 2 rings (SSSR count). The topological polar surface area (TPSA) is 64.9 Å². The van der Waals surface area contributed by atoms with Gasteiger partial charge in [0.1, 0.15) is 0 Å². The predicted molar refractivity (Wildman–Crippen MR) is 82.5 cm³/mol. The van der Waals surface area contributed by atoms with Crippen LogP contribution in [0.5, 0.6) is 0 Å². The van der Waals surface area contributed by atoms with E-state index in [-0.39, 0.29) is 23.9 Å². The van der Waals surface area contributed by atoms with Gasteiger partial charge in [-0.2, -0.15) is 5.26 Å². The lowest BCUT2D eigenvalue weighted by atomic mass is 9.83. The van der Waals surface area contributed by atoms with Crippen LogP contribution in [0.2, 0.25) is 0 Å². The third kappa shape index (κ3) is 3.83. The predicted octanol–water partition coefficient (Wildman–Crippen LogP) is 2.51. The summed E-state index contributed by atoms with van der Waals surface area (Å²) in [6.45, 7) is 2.09. The molecule has 1 amide bonds. The minimum atomic E-state index is 0.0466. The number of hydrogen-bond donors (Lipinski definition) is 2. The summed E-state index contributed by atoms with van der Waals surface area (Å²) in [5.74, 6) is 0.176. The van der Waals surface area contributed by atoms with E-state index in [1.807, 2.05) is 24.3 Å². The van der Waals surface area contributed by atoms with Crippen LogP contribution in [0, 0.1) is 17.2 Å². The maximum atomic E-state index is 12.0. The fourth-order valence-corrected chi connectivity index (χ4v) is 3.12. The maximum absolute atomic E-state index is 12.0. The van der Waals surface area contributed by atoms with Crippen molar-refractivity contribution >= 4 is 5.91 Å². The van der Waals surface area contributed by atoms with E-state index < -0.39 is 0 Å². The average molecular weight is 285 g/mol. The Kier molecular flexibility index (Phi) is 5.35. The molecule has 4 heteroatoms. The average Bonchev–Trinajstić information content (AvgIpc) is 2.54. The van der Waals surface area contributed by atoms with Crippen molar-refractivity contribution in [1.29, 1.82) is 5.26 Å². The van der Waals surface area contributed by atoms with E-state index in [4.69, 9.17) is 5.26 Å². The fraction of sp³-hybridized carbons (Fsp3) is 0.529. The number of rotatable bonds is 4. The van der Waals surface area contributed by atoms with Gasteiger partial charge in [0.05, 0.1) is 17.6 Å². The van der Waals surface area contributed by atoms with Gasteiger partial charge in [-0.1, -0.05) is 25.0 Å². The largest absolute Gasteiger partial charge is 0.359 e. The van der Waals surface area contributed by atoms with E-state index in [1.54, 1.807) is 7.05 Å². The van der Waals surface area contributed by atoms with Crippen LogP contribution < -0.4 is 10.6 Å². The van der Waals surface area contributed by atoms with Gasteiger partial charge in [-0.3, -0.25) is 4.79 Å². The van der Waals surface area contributed by atoms with Crippen molar-refractivity contribution in [2.45, 2.75) is 44.7 Å². The van der Waals surface area contributed by atoms with Crippen LogP contribution in [-0.2, 0) is 4.79 Å². The Morgan fingerprint density at radius 1 is 1.38 bits per heavy atom. The van der Waals surface area contributed by atoms with Crippen LogP contribution in [0.1, 0.15) is 49.8 Å². The van der Waals surface area contributed by atoms with Crippen LogP contribution in [0.15, 0.2) is 24.3 Å². The third-order valence-electron chi connectivity index (χ3n) is 4.33. The zero-order valence-electron chi connectivity index (χ0n) is 12.7. The van der Waals surface area contributed by atoms with Crippen molar-refractivity contribution < 1.29 is 4.79 Å². The number of carbonyl (C=O) groups is 1. The van der Waals surface area contributed by atoms with Gasteiger partial charge in [-0.25, -0.2) is 0 Å². The minimum Gasteiger partial charge on any atom is -0.359 e. The van der Waals surface area contributed by atoms with E-state index in [0.29, 0.717) is 5.56 Å². The highest BCUT2D eigenvalue weighted by Gasteiger charge is 2.31. The molecule has 0 saturated heterocycles. The smallest absolute Gasteiger partial charge is 0.224 e. The molecule has 0 unspecified atom stereocenters. The van der Waals surface area contributed by atoms with Gasteiger partial charge in [0.25, 0.3) is 0 Å². The number of amides is 1. The van der Waals surface area contributed by atoms with Gasteiger partial charge < -0.3 is 10.6 Å². The van der Waals surface area contributed by atoms with Crippen molar-refractivity contribution in [2.75, 3.05) is 7.05 Å². The van der Waals surface area contributed by atoms with Crippen molar-refractivity contribution in [3.63, 3.8) is 0 Å². The van der Waals surface area contributed by atoms with Crippen LogP contribution in [0.25, 0.3) is 0 Å². The number of nitriles is 1. The van der Waals surface area contributed by atoms with E-state index >= 15 is 0 Å². The Morgan fingerprint density at radius 2 is 2.14 bits per heavy atom. The van der Waals surface area contributed by atoms with Crippen LogP contribution >= 0.6 is 0 Å². The van der Waals surface area contributed by atoms with Gasteiger partial charge in [-0.05, 0) is 37.5 Å². The molecule has 0 spiro atoms. The highest BCUT2D eigenvalue weighted by Crippen LogP contribution is 2.27. The molecule has 0 aromatic heterocycles. The first-order valence-corrected chi connectivity index (χ1v) is 7.63. The van der Waals surface area contributed by atoms with Gasteiger partial charge >= 0.3 is 0 Å². The lowest BCUT2D eigenvalue weighted by molar-refractivity contribution is -0.126.